The maximum atomic E-state index is 13.5. The summed E-state index contributed by atoms with van der Waals surface area (Å²) in [6, 6.07) is 6.36. The molecule has 3 rings (SSSR count). The third-order valence-corrected chi connectivity index (χ3v) is 3.81. The van der Waals surface area contributed by atoms with Crippen molar-refractivity contribution in [1.29, 1.82) is 0 Å². The average Bonchev–Trinajstić information content (AvgIpc) is 2.58. The number of hydrogen-bond donors (Lipinski definition) is 0. The summed E-state index contributed by atoms with van der Waals surface area (Å²) in [6.07, 6.45) is 1.53. The number of rotatable bonds is 3. The van der Waals surface area contributed by atoms with Gasteiger partial charge in [0, 0.05) is 24.0 Å². The van der Waals surface area contributed by atoms with E-state index in [9.17, 15) is 9.18 Å². The predicted molar refractivity (Wildman–Crippen MR) is 85.5 cm³/mol. The zero-order valence-electron chi connectivity index (χ0n) is 15.1. The molecule has 1 saturated heterocycles. The van der Waals surface area contributed by atoms with Gasteiger partial charge in [0.25, 0.3) is 0 Å². The number of pyridine rings is 1. The van der Waals surface area contributed by atoms with Crippen LogP contribution in [0.15, 0.2) is 30.5 Å². The van der Waals surface area contributed by atoms with Gasteiger partial charge < -0.3 is 9.64 Å². The third kappa shape index (κ3) is 3.33. The van der Waals surface area contributed by atoms with Crippen LogP contribution in [0, 0.1) is 19.7 Å². The first-order valence-electron chi connectivity index (χ1n) is 8.49. The molecule has 0 atom stereocenters. The van der Waals surface area contributed by atoms with Gasteiger partial charge in [-0.3, -0.25) is 4.98 Å². The summed E-state index contributed by atoms with van der Waals surface area (Å²) in [6.45, 7) is 1.91. The van der Waals surface area contributed by atoms with E-state index in [4.69, 9.17) is 7.48 Å². The number of amides is 1. The van der Waals surface area contributed by atoms with Crippen LogP contribution in [0.1, 0.15) is 26.0 Å². The Labute approximate surface area is 137 Å². The fourth-order valence-corrected chi connectivity index (χ4v) is 2.43. The SMILES string of the molecule is [2H]C([2H])(c1cc(-c2ccc(F)c(C)c2)cnc1C)N1CCCOC1=O. The van der Waals surface area contributed by atoms with Crippen molar-refractivity contribution < 1.29 is 16.7 Å². The van der Waals surface area contributed by atoms with Gasteiger partial charge >= 0.3 is 6.09 Å². The predicted octanol–water partition coefficient (Wildman–Crippen LogP) is 3.85. The van der Waals surface area contributed by atoms with Crippen LogP contribution in [0.25, 0.3) is 11.1 Å². The molecule has 0 saturated carbocycles. The van der Waals surface area contributed by atoms with Gasteiger partial charge in [-0.1, -0.05) is 6.07 Å². The highest BCUT2D eigenvalue weighted by atomic mass is 19.1. The average molecular weight is 316 g/mol. The molecule has 120 valence electrons. The smallest absolute Gasteiger partial charge is 0.410 e. The number of benzene rings is 1. The molecule has 2 heterocycles. The van der Waals surface area contributed by atoms with Gasteiger partial charge in [0.1, 0.15) is 5.82 Å². The topological polar surface area (TPSA) is 42.4 Å². The third-order valence-electron chi connectivity index (χ3n) is 3.81. The number of ether oxygens (including phenoxy) is 1. The summed E-state index contributed by atoms with van der Waals surface area (Å²) in [5.41, 5.74) is 2.70. The highest BCUT2D eigenvalue weighted by Crippen LogP contribution is 2.24. The summed E-state index contributed by atoms with van der Waals surface area (Å²) in [5, 5.41) is 0. The van der Waals surface area contributed by atoms with Crippen molar-refractivity contribution in [2.24, 2.45) is 0 Å². The van der Waals surface area contributed by atoms with E-state index in [1.54, 1.807) is 38.2 Å². The van der Waals surface area contributed by atoms with Crippen molar-refractivity contribution in [2.45, 2.75) is 26.8 Å². The number of cyclic esters (lactones) is 1. The largest absolute Gasteiger partial charge is 0.449 e. The molecule has 0 aliphatic carbocycles. The summed E-state index contributed by atoms with van der Waals surface area (Å²) in [7, 11) is 0. The van der Waals surface area contributed by atoms with Gasteiger partial charge in [0.2, 0.25) is 0 Å². The van der Waals surface area contributed by atoms with E-state index in [0.29, 0.717) is 35.4 Å². The Morgan fingerprint density at radius 1 is 1.35 bits per heavy atom. The van der Waals surface area contributed by atoms with Crippen LogP contribution in [0.4, 0.5) is 9.18 Å². The maximum Gasteiger partial charge on any atom is 0.410 e. The van der Waals surface area contributed by atoms with Crippen LogP contribution in [0.5, 0.6) is 0 Å². The zero-order chi connectivity index (χ0) is 18.2. The lowest BCUT2D eigenvalue weighted by Gasteiger charge is -2.26. The monoisotopic (exact) mass is 316 g/mol. The molecule has 5 heteroatoms. The number of halogens is 1. The second-order valence-electron chi connectivity index (χ2n) is 5.55. The Morgan fingerprint density at radius 2 is 2.17 bits per heavy atom. The summed E-state index contributed by atoms with van der Waals surface area (Å²) >= 11 is 0. The lowest BCUT2D eigenvalue weighted by atomic mass is 10.0. The number of aryl methyl sites for hydroxylation is 2. The normalized spacial score (nSPS) is 16.7. The van der Waals surface area contributed by atoms with Gasteiger partial charge in [-0.05, 0) is 55.2 Å². The molecule has 2 aromatic rings. The molecule has 1 aromatic heterocycles. The molecular formula is C18H19FN2O2. The molecule has 23 heavy (non-hydrogen) atoms. The summed E-state index contributed by atoms with van der Waals surface area (Å²) in [4.78, 5) is 17.3. The van der Waals surface area contributed by atoms with Crippen LogP contribution in [0.3, 0.4) is 0 Å². The van der Waals surface area contributed by atoms with E-state index in [-0.39, 0.29) is 12.4 Å². The van der Waals surface area contributed by atoms with Crippen LogP contribution in [0.2, 0.25) is 0 Å². The molecule has 1 fully saturated rings. The Kier molecular flexibility index (Phi) is 3.61. The van der Waals surface area contributed by atoms with Gasteiger partial charge in [-0.15, -0.1) is 0 Å². The van der Waals surface area contributed by atoms with Gasteiger partial charge in [-0.2, -0.15) is 0 Å². The molecule has 1 amide bonds. The fraction of sp³-hybridized carbons (Fsp3) is 0.333. The molecule has 0 bridgehead atoms. The van der Waals surface area contributed by atoms with Crippen molar-refractivity contribution in [3.05, 3.63) is 53.1 Å². The van der Waals surface area contributed by atoms with Crippen molar-refractivity contribution >= 4 is 6.09 Å². The van der Waals surface area contributed by atoms with Crippen LogP contribution < -0.4 is 0 Å². The number of carbonyl (C=O) groups is 1. The fourth-order valence-electron chi connectivity index (χ4n) is 2.43. The van der Waals surface area contributed by atoms with Gasteiger partial charge in [-0.25, -0.2) is 9.18 Å². The quantitative estimate of drug-likeness (QED) is 0.864. The maximum absolute atomic E-state index is 13.5. The highest BCUT2D eigenvalue weighted by molar-refractivity contribution is 5.69. The minimum absolute atomic E-state index is 0.283. The van der Waals surface area contributed by atoms with Crippen LogP contribution >= 0.6 is 0 Å². The van der Waals surface area contributed by atoms with E-state index >= 15 is 0 Å². The van der Waals surface area contributed by atoms with Crippen molar-refractivity contribution in [1.82, 2.24) is 9.88 Å². The Balaban J connectivity index is 2.04. The Morgan fingerprint density at radius 3 is 2.91 bits per heavy atom. The van der Waals surface area contributed by atoms with Crippen molar-refractivity contribution in [3.63, 3.8) is 0 Å². The Hall–Kier alpha value is -2.43. The van der Waals surface area contributed by atoms with E-state index in [0.717, 1.165) is 10.5 Å². The van der Waals surface area contributed by atoms with Gasteiger partial charge in [0.15, 0.2) is 0 Å². The molecule has 1 aromatic carbocycles. The van der Waals surface area contributed by atoms with Crippen molar-refractivity contribution in [2.75, 3.05) is 13.2 Å². The molecule has 0 spiro atoms. The van der Waals surface area contributed by atoms with Crippen molar-refractivity contribution in [3.8, 4) is 11.1 Å². The second-order valence-corrected chi connectivity index (χ2v) is 5.55. The van der Waals surface area contributed by atoms with Crippen LogP contribution in [-0.2, 0) is 11.2 Å². The summed E-state index contributed by atoms with van der Waals surface area (Å²) < 4.78 is 35.4. The molecule has 0 radical (unpaired) electrons. The standard InChI is InChI=1S/C18H19FN2O2/c1-12-8-14(4-5-17(12)19)15-9-16(13(2)20-10-15)11-21-6-3-7-23-18(21)22/h4-5,8-10H,3,6-7,11H2,1-2H3/i11D2. The zero-order valence-corrected chi connectivity index (χ0v) is 13.1. The van der Waals surface area contributed by atoms with E-state index in [1.807, 2.05) is 0 Å². The molecule has 1 aliphatic heterocycles. The molecule has 0 N–H and O–H groups in total. The van der Waals surface area contributed by atoms with E-state index in [2.05, 4.69) is 4.98 Å². The number of nitrogens with zero attached hydrogens (tertiary/aromatic N) is 2. The van der Waals surface area contributed by atoms with E-state index < -0.39 is 12.6 Å². The Bertz CT molecular complexity index is 827. The highest BCUT2D eigenvalue weighted by Gasteiger charge is 2.20. The minimum Gasteiger partial charge on any atom is -0.449 e. The lowest BCUT2D eigenvalue weighted by Crippen LogP contribution is -2.37. The summed E-state index contributed by atoms with van der Waals surface area (Å²) in [5.74, 6) is -0.296. The minimum atomic E-state index is -2.04. The molecule has 1 aliphatic rings. The first-order chi connectivity index (χ1) is 11.8. The van der Waals surface area contributed by atoms with Gasteiger partial charge in [0.05, 0.1) is 15.8 Å². The molecule has 0 unspecified atom stereocenters. The number of aromatic nitrogens is 1. The number of hydrogen-bond acceptors (Lipinski definition) is 3. The lowest BCUT2D eigenvalue weighted by molar-refractivity contribution is 0.0699. The van der Waals surface area contributed by atoms with E-state index in [1.165, 1.54) is 6.07 Å². The molecular weight excluding hydrogens is 295 g/mol. The van der Waals surface area contributed by atoms with Crippen LogP contribution in [-0.4, -0.2) is 29.1 Å². The molecule has 4 nitrogen and oxygen atoms in total. The first kappa shape index (κ1) is 13.0. The second kappa shape index (κ2) is 6.36. The number of carbonyl (C=O) groups excluding carboxylic acids is 1. The first-order valence-corrected chi connectivity index (χ1v) is 7.49.